The van der Waals surface area contributed by atoms with Crippen molar-refractivity contribution in [1.82, 2.24) is 4.98 Å². The van der Waals surface area contributed by atoms with Gasteiger partial charge in [-0.2, -0.15) is 0 Å². The number of furan rings is 1. The van der Waals surface area contributed by atoms with E-state index in [1.54, 1.807) is 0 Å². The number of nitrogens with zero attached hydrogens (tertiary/aromatic N) is 1. The largest absolute Gasteiger partial charge is 0.456 e. The van der Waals surface area contributed by atoms with E-state index in [0.717, 1.165) is 17.0 Å². The van der Waals surface area contributed by atoms with Gasteiger partial charge in [-0.05, 0) is 82.6 Å². The van der Waals surface area contributed by atoms with Crippen molar-refractivity contribution in [3.63, 3.8) is 0 Å². The van der Waals surface area contributed by atoms with Crippen molar-refractivity contribution in [3.8, 4) is 11.3 Å². The van der Waals surface area contributed by atoms with Gasteiger partial charge in [0.25, 0.3) is 0 Å². The molecule has 0 amide bonds. The number of fused-ring (bicyclic) bond motifs is 3. The Morgan fingerprint density at radius 1 is 0.850 bits per heavy atom. The molecular formula is C37H39NOSi. The molecule has 2 aliphatic carbocycles. The van der Waals surface area contributed by atoms with E-state index in [-0.39, 0.29) is 5.41 Å². The average Bonchev–Trinajstić information content (AvgIpc) is 3.49. The van der Waals surface area contributed by atoms with Gasteiger partial charge in [0.15, 0.2) is 0 Å². The summed E-state index contributed by atoms with van der Waals surface area (Å²) in [6, 6.07) is 25.0. The molecule has 2 heterocycles. The maximum Gasteiger partial charge on any atom is 0.134 e. The van der Waals surface area contributed by atoms with Gasteiger partial charge in [-0.25, -0.2) is 0 Å². The van der Waals surface area contributed by atoms with Crippen LogP contribution in [0.5, 0.6) is 0 Å². The number of allylic oxidation sites excluding steroid dienone is 1. The van der Waals surface area contributed by atoms with Crippen molar-refractivity contribution >= 4 is 46.7 Å². The normalized spacial score (nSPS) is 17.4. The maximum atomic E-state index is 6.59. The Labute approximate surface area is 239 Å². The van der Waals surface area contributed by atoms with Crippen LogP contribution in [-0.4, -0.2) is 13.1 Å². The number of aromatic nitrogens is 1. The molecule has 202 valence electrons. The van der Waals surface area contributed by atoms with Gasteiger partial charge in [0.05, 0.1) is 13.8 Å². The Kier molecular flexibility index (Phi) is 5.94. The molecule has 5 aromatic rings. The summed E-state index contributed by atoms with van der Waals surface area (Å²) in [6.45, 7) is 11.8. The van der Waals surface area contributed by atoms with Gasteiger partial charge >= 0.3 is 0 Å². The lowest BCUT2D eigenvalue weighted by molar-refractivity contribution is 0.445. The Morgan fingerprint density at radius 3 is 2.45 bits per heavy atom. The summed E-state index contributed by atoms with van der Waals surface area (Å²) in [5.74, 6) is 1.60. The van der Waals surface area contributed by atoms with Crippen molar-refractivity contribution in [2.75, 3.05) is 0 Å². The first-order valence-electron chi connectivity index (χ1n) is 15.0. The molecule has 7 rings (SSSR count). The van der Waals surface area contributed by atoms with Crippen LogP contribution in [0.25, 0.3) is 44.6 Å². The van der Waals surface area contributed by atoms with E-state index in [0.29, 0.717) is 5.92 Å². The number of rotatable bonds is 4. The molecule has 0 atom stereocenters. The fourth-order valence-corrected chi connectivity index (χ4v) is 8.33. The molecule has 0 spiro atoms. The van der Waals surface area contributed by atoms with Crippen molar-refractivity contribution in [1.29, 1.82) is 0 Å². The molecule has 3 aromatic carbocycles. The Balaban J connectivity index is 1.34. The van der Waals surface area contributed by atoms with E-state index in [4.69, 9.17) is 9.40 Å². The first-order valence-corrected chi connectivity index (χ1v) is 18.5. The molecule has 1 saturated carbocycles. The number of hydrogen-bond donors (Lipinski definition) is 0. The first-order chi connectivity index (χ1) is 19.2. The van der Waals surface area contributed by atoms with Crippen LogP contribution in [0.2, 0.25) is 19.6 Å². The molecule has 2 aromatic heterocycles. The minimum absolute atomic E-state index is 0.231. The highest BCUT2D eigenvalue weighted by atomic mass is 28.3. The quantitative estimate of drug-likeness (QED) is 0.212. The highest BCUT2D eigenvalue weighted by Crippen LogP contribution is 2.51. The summed E-state index contributed by atoms with van der Waals surface area (Å²) < 4.78 is 6.59. The Morgan fingerprint density at radius 2 is 1.65 bits per heavy atom. The molecule has 3 heteroatoms. The van der Waals surface area contributed by atoms with Crippen LogP contribution < -0.4 is 5.19 Å². The van der Waals surface area contributed by atoms with Crippen LogP contribution in [0.15, 0.2) is 77.3 Å². The molecule has 0 unspecified atom stereocenters. The molecule has 1 fully saturated rings. The predicted molar refractivity (Wildman–Crippen MR) is 173 cm³/mol. The van der Waals surface area contributed by atoms with Crippen LogP contribution in [0, 0.1) is 0 Å². The second kappa shape index (κ2) is 9.31. The second-order valence-corrected chi connectivity index (χ2v) is 18.6. The van der Waals surface area contributed by atoms with Gasteiger partial charge in [-0.3, -0.25) is 4.98 Å². The lowest BCUT2D eigenvalue weighted by Gasteiger charge is -2.27. The molecular weight excluding hydrogens is 502 g/mol. The fourth-order valence-electron chi connectivity index (χ4n) is 7.18. The Bertz CT molecular complexity index is 1790. The average molecular weight is 542 g/mol. The van der Waals surface area contributed by atoms with Gasteiger partial charge in [-0.15, -0.1) is 0 Å². The van der Waals surface area contributed by atoms with Crippen LogP contribution in [-0.2, 0) is 5.41 Å². The molecule has 0 radical (unpaired) electrons. The molecule has 40 heavy (non-hydrogen) atoms. The van der Waals surface area contributed by atoms with Crippen LogP contribution in [0.4, 0.5) is 0 Å². The minimum Gasteiger partial charge on any atom is -0.456 e. The third kappa shape index (κ3) is 4.18. The molecule has 2 nitrogen and oxygen atoms in total. The molecule has 0 bridgehead atoms. The number of pyridine rings is 1. The summed E-state index contributed by atoms with van der Waals surface area (Å²) in [6.07, 6.45) is 10.9. The molecule has 0 saturated heterocycles. The highest BCUT2D eigenvalue weighted by molar-refractivity contribution is 6.88. The lowest BCUT2D eigenvalue weighted by atomic mass is 9.77. The third-order valence-corrected chi connectivity index (χ3v) is 11.5. The maximum absolute atomic E-state index is 6.59. The van der Waals surface area contributed by atoms with E-state index < -0.39 is 8.07 Å². The van der Waals surface area contributed by atoms with Crippen LogP contribution in [0.1, 0.15) is 74.3 Å². The SMILES string of the molecule is CC1(C)C(c2cc3ccc([Si](C)(C)C)cc3o2)=Cc2ccnc(-c3cc(C4CCCCC4)c4ccccc4c3)c21. The van der Waals surface area contributed by atoms with Crippen LogP contribution >= 0.6 is 0 Å². The standard InChI is InChI=1S/C37H39NOSi/c1-37(2)32(34-22-26-15-16-29(40(3,4)5)23-33(26)39-34)21-27-17-18-38-36(35(27)37)28-19-25-13-9-10-14-30(25)31(20-28)24-11-7-6-8-12-24/h9-10,13-24H,6-8,11-12H2,1-5H3. The van der Waals surface area contributed by atoms with Gasteiger partial charge in [-0.1, -0.05) is 94.3 Å². The van der Waals surface area contributed by atoms with Gasteiger partial charge in [0.2, 0.25) is 0 Å². The van der Waals surface area contributed by atoms with Crippen LogP contribution in [0.3, 0.4) is 0 Å². The van der Waals surface area contributed by atoms with E-state index >= 15 is 0 Å². The fraction of sp³-hybridized carbons (Fsp3) is 0.324. The summed E-state index contributed by atoms with van der Waals surface area (Å²) >= 11 is 0. The summed E-state index contributed by atoms with van der Waals surface area (Å²) in [4.78, 5) is 5.06. The van der Waals surface area contributed by atoms with Crippen molar-refractivity contribution in [3.05, 3.63) is 95.4 Å². The van der Waals surface area contributed by atoms with E-state index in [9.17, 15) is 0 Å². The van der Waals surface area contributed by atoms with Gasteiger partial charge in [0.1, 0.15) is 11.3 Å². The monoisotopic (exact) mass is 541 g/mol. The van der Waals surface area contributed by atoms with Crippen molar-refractivity contribution in [2.45, 2.75) is 76.9 Å². The molecule has 0 aliphatic heterocycles. The molecule has 0 N–H and O–H groups in total. The van der Waals surface area contributed by atoms with Crippen molar-refractivity contribution in [2.24, 2.45) is 0 Å². The smallest absolute Gasteiger partial charge is 0.134 e. The minimum atomic E-state index is -1.42. The lowest BCUT2D eigenvalue weighted by Crippen LogP contribution is -2.37. The third-order valence-electron chi connectivity index (χ3n) is 9.45. The van der Waals surface area contributed by atoms with E-state index in [1.807, 2.05) is 6.20 Å². The first kappa shape index (κ1) is 25.5. The van der Waals surface area contributed by atoms with E-state index in [2.05, 4.69) is 106 Å². The summed E-state index contributed by atoms with van der Waals surface area (Å²) in [5, 5.41) is 5.33. The zero-order valence-electron chi connectivity index (χ0n) is 24.5. The number of benzene rings is 3. The Hall–Kier alpha value is -3.43. The molecule has 2 aliphatic rings. The zero-order valence-corrected chi connectivity index (χ0v) is 25.5. The topological polar surface area (TPSA) is 26.0 Å². The predicted octanol–water partition coefficient (Wildman–Crippen LogP) is 10.1. The highest BCUT2D eigenvalue weighted by Gasteiger charge is 2.38. The zero-order chi connectivity index (χ0) is 27.6. The van der Waals surface area contributed by atoms with E-state index in [1.165, 1.54) is 81.3 Å². The summed E-state index contributed by atoms with van der Waals surface area (Å²) in [7, 11) is -1.42. The van der Waals surface area contributed by atoms with Gasteiger partial charge in [0, 0.05) is 28.1 Å². The van der Waals surface area contributed by atoms with Gasteiger partial charge < -0.3 is 4.42 Å². The summed E-state index contributed by atoms with van der Waals surface area (Å²) in [5.41, 5.74) is 8.40. The number of hydrogen-bond acceptors (Lipinski definition) is 2. The second-order valence-electron chi connectivity index (χ2n) is 13.5. The van der Waals surface area contributed by atoms with Crippen molar-refractivity contribution < 1.29 is 4.42 Å².